The monoisotopic (exact) mass is 388 g/mol. The third kappa shape index (κ3) is 7.98. The van der Waals surface area contributed by atoms with Crippen molar-refractivity contribution in [1.82, 2.24) is 20.4 Å². The number of carbonyl (C=O) groups is 2. The molecule has 1 aromatic carbocycles. The lowest BCUT2D eigenvalue weighted by atomic mass is 10.0. The second kappa shape index (κ2) is 11.2. The second-order valence-electron chi connectivity index (χ2n) is 8.27. The Kier molecular flexibility index (Phi) is 8.93. The molecule has 1 aliphatic rings. The molecule has 6 heteroatoms. The van der Waals surface area contributed by atoms with Crippen LogP contribution in [0, 0.1) is 0 Å². The van der Waals surface area contributed by atoms with Crippen LogP contribution in [0.2, 0.25) is 0 Å². The molecule has 0 spiro atoms. The first-order valence-electron chi connectivity index (χ1n) is 10.4. The van der Waals surface area contributed by atoms with E-state index in [1.807, 2.05) is 13.8 Å². The Morgan fingerprint density at radius 1 is 0.893 bits per heavy atom. The number of rotatable bonds is 9. The van der Waals surface area contributed by atoms with Crippen LogP contribution in [0.5, 0.6) is 0 Å². The average Bonchev–Trinajstić information content (AvgIpc) is 2.63. The van der Waals surface area contributed by atoms with E-state index in [1.54, 1.807) is 0 Å². The van der Waals surface area contributed by atoms with E-state index in [0.29, 0.717) is 25.6 Å². The highest BCUT2D eigenvalue weighted by Crippen LogP contribution is 2.14. The van der Waals surface area contributed by atoms with Crippen LogP contribution >= 0.6 is 0 Å². The van der Waals surface area contributed by atoms with Crippen molar-refractivity contribution in [2.24, 2.45) is 0 Å². The van der Waals surface area contributed by atoms with Crippen molar-refractivity contribution in [3.63, 3.8) is 0 Å². The van der Waals surface area contributed by atoms with E-state index in [9.17, 15) is 9.59 Å². The largest absolute Gasteiger partial charge is 0.355 e. The normalized spacial score (nSPS) is 15.8. The Morgan fingerprint density at radius 3 is 1.93 bits per heavy atom. The van der Waals surface area contributed by atoms with Crippen LogP contribution in [0.4, 0.5) is 0 Å². The van der Waals surface area contributed by atoms with E-state index < -0.39 is 0 Å². The molecule has 0 radical (unpaired) electrons. The first-order valence-corrected chi connectivity index (χ1v) is 10.4. The molecule has 2 rings (SSSR count). The minimum absolute atomic E-state index is 0.0719. The number of nitrogens with one attached hydrogen (secondary N) is 2. The minimum atomic E-state index is 0.0719. The number of hydrogen-bond donors (Lipinski definition) is 2. The summed E-state index contributed by atoms with van der Waals surface area (Å²) in [7, 11) is 0. The number of hydrogen-bond acceptors (Lipinski definition) is 4. The SMILES string of the molecule is CC(C)NC(=O)CN1CCN(CC(=O)NCCc2ccc(C(C)C)cc2)CC1. The zero-order valence-electron chi connectivity index (χ0n) is 17.8. The summed E-state index contributed by atoms with van der Waals surface area (Å²) >= 11 is 0. The molecule has 0 aromatic heterocycles. The first-order chi connectivity index (χ1) is 13.3. The van der Waals surface area contributed by atoms with Crippen molar-refractivity contribution >= 4 is 11.8 Å². The maximum Gasteiger partial charge on any atom is 0.234 e. The highest BCUT2D eigenvalue weighted by atomic mass is 16.2. The van der Waals surface area contributed by atoms with E-state index in [1.165, 1.54) is 11.1 Å². The molecule has 1 heterocycles. The van der Waals surface area contributed by atoms with Crippen LogP contribution in [0.1, 0.15) is 44.7 Å². The Balaban J connectivity index is 1.61. The number of benzene rings is 1. The predicted molar refractivity (Wildman–Crippen MR) is 113 cm³/mol. The third-order valence-electron chi connectivity index (χ3n) is 5.03. The van der Waals surface area contributed by atoms with E-state index in [-0.39, 0.29) is 17.9 Å². The van der Waals surface area contributed by atoms with Gasteiger partial charge >= 0.3 is 0 Å². The van der Waals surface area contributed by atoms with Gasteiger partial charge in [-0.05, 0) is 37.3 Å². The molecule has 2 amide bonds. The van der Waals surface area contributed by atoms with Crippen LogP contribution in [0.3, 0.4) is 0 Å². The Morgan fingerprint density at radius 2 is 1.43 bits per heavy atom. The standard InChI is InChI=1S/C22H36N4O2/c1-17(2)20-7-5-19(6-8-20)9-10-23-21(27)15-25-11-13-26(14-12-25)16-22(28)24-18(3)4/h5-8,17-18H,9-16H2,1-4H3,(H,23,27)(H,24,28). The lowest BCUT2D eigenvalue weighted by molar-refractivity contribution is -0.125. The van der Waals surface area contributed by atoms with Gasteiger partial charge in [-0.2, -0.15) is 0 Å². The van der Waals surface area contributed by atoms with Gasteiger partial charge < -0.3 is 10.6 Å². The summed E-state index contributed by atoms with van der Waals surface area (Å²) in [6.07, 6.45) is 0.850. The van der Waals surface area contributed by atoms with E-state index in [2.05, 4.69) is 58.5 Å². The maximum absolute atomic E-state index is 12.2. The molecule has 1 fully saturated rings. The van der Waals surface area contributed by atoms with Crippen LogP contribution in [0.15, 0.2) is 24.3 Å². The molecule has 0 saturated carbocycles. The van der Waals surface area contributed by atoms with E-state index >= 15 is 0 Å². The molecule has 0 atom stereocenters. The van der Waals surface area contributed by atoms with Gasteiger partial charge in [0.15, 0.2) is 0 Å². The second-order valence-corrected chi connectivity index (χ2v) is 8.27. The molecule has 0 bridgehead atoms. The average molecular weight is 389 g/mol. The smallest absolute Gasteiger partial charge is 0.234 e. The van der Waals surface area contributed by atoms with Gasteiger partial charge in [0, 0.05) is 38.8 Å². The lowest BCUT2D eigenvalue weighted by Gasteiger charge is -2.33. The van der Waals surface area contributed by atoms with Crippen molar-refractivity contribution in [2.45, 2.75) is 46.1 Å². The molecular formula is C22H36N4O2. The first kappa shape index (κ1) is 22.4. The molecule has 1 aromatic rings. The quantitative estimate of drug-likeness (QED) is 0.675. The topological polar surface area (TPSA) is 64.7 Å². The molecule has 156 valence electrons. The molecule has 2 N–H and O–H groups in total. The minimum Gasteiger partial charge on any atom is -0.355 e. The summed E-state index contributed by atoms with van der Waals surface area (Å²) in [6, 6.07) is 8.81. The molecule has 0 aliphatic carbocycles. The van der Waals surface area contributed by atoms with Crippen LogP contribution in [-0.4, -0.2) is 73.5 Å². The Hall–Kier alpha value is -1.92. The van der Waals surface area contributed by atoms with Crippen LogP contribution in [-0.2, 0) is 16.0 Å². The summed E-state index contributed by atoms with van der Waals surface area (Å²) in [6.45, 7) is 13.1. The third-order valence-corrected chi connectivity index (χ3v) is 5.03. The summed E-state index contributed by atoms with van der Waals surface area (Å²) in [5.41, 5.74) is 2.59. The van der Waals surface area contributed by atoms with E-state index in [4.69, 9.17) is 0 Å². The van der Waals surface area contributed by atoms with Crippen molar-refractivity contribution in [1.29, 1.82) is 0 Å². The van der Waals surface area contributed by atoms with Crippen molar-refractivity contribution < 1.29 is 9.59 Å². The maximum atomic E-state index is 12.2. The van der Waals surface area contributed by atoms with Gasteiger partial charge in [0.05, 0.1) is 13.1 Å². The van der Waals surface area contributed by atoms with E-state index in [0.717, 1.165) is 32.6 Å². The Labute approximate surface area is 169 Å². The highest BCUT2D eigenvalue weighted by molar-refractivity contribution is 5.78. The van der Waals surface area contributed by atoms with Gasteiger partial charge in [0.25, 0.3) is 0 Å². The molecular weight excluding hydrogens is 352 g/mol. The fourth-order valence-corrected chi connectivity index (χ4v) is 3.35. The molecule has 1 aliphatic heterocycles. The number of nitrogens with zero attached hydrogens (tertiary/aromatic N) is 2. The number of carbonyl (C=O) groups excluding carboxylic acids is 2. The van der Waals surface area contributed by atoms with Gasteiger partial charge in [-0.1, -0.05) is 38.1 Å². The molecule has 0 unspecified atom stereocenters. The van der Waals surface area contributed by atoms with Crippen LogP contribution in [0.25, 0.3) is 0 Å². The van der Waals surface area contributed by atoms with Gasteiger partial charge in [0.2, 0.25) is 11.8 Å². The molecule has 1 saturated heterocycles. The summed E-state index contributed by atoms with van der Waals surface area (Å²) < 4.78 is 0. The number of amides is 2. The zero-order valence-corrected chi connectivity index (χ0v) is 17.8. The van der Waals surface area contributed by atoms with Gasteiger partial charge in [-0.3, -0.25) is 19.4 Å². The lowest BCUT2D eigenvalue weighted by Crippen LogP contribution is -2.52. The summed E-state index contributed by atoms with van der Waals surface area (Å²) in [5, 5.41) is 5.94. The fourth-order valence-electron chi connectivity index (χ4n) is 3.35. The summed E-state index contributed by atoms with van der Waals surface area (Å²) in [4.78, 5) is 28.3. The predicted octanol–water partition coefficient (Wildman–Crippen LogP) is 1.61. The zero-order chi connectivity index (χ0) is 20.5. The van der Waals surface area contributed by atoms with Crippen LogP contribution < -0.4 is 10.6 Å². The number of piperazine rings is 1. The van der Waals surface area contributed by atoms with Crippen molar-refractivity contribution in [3.05, 3.63) is 35.4 Å². The van der Waals surface area contributed by atoms with Crippen molar-refractivity contribution in [3.8, 4) is 0 Å². The van der Waals surface area contributed by atoms with Gasteiger partial charge in [0.1, 0.15) is 0 Å². The molecule has 6 nitrogen and oxygen atoms in total. The Bertz CT molecular complexity index is 620. The molecule has 28 heavy (non-hydrogen) atoms. The van der Waals surface area contributed by atoms with Gasteiger partial charge in [-0.15, -0.1) is 0 Å². The fraction of sp³-hybridized carbons (Fsp3) is 0.636. The highest BCUT2D eigenvalue weighted by Gasteiger charge is 2.20. The van der Waals surface area contributed by atoms with Crippen molar-refractivity contribution in [2.75, 3.05) is 45.8 Å². The summed E-state index contributed by atoms with van der Waals surface area (Å²) in [5.74, 6) is 0.686. The van der Waals surface area contributed by atoms with Gasteiger partial charge in [-0.25, -0.2) is 0 Å².